The maximum Gasteiger partial charge on any atom is 0.243 e. The number of nitrogens with zero attached hydrogens (tertiary/aromatic N) is 1. The van der Waals surface area contributed by atoms with Crippen molar-refractivity contribution in [3.8, 4) is 0 Å². The Morgan fingerprint density at radius 3 is 2.76 bits per heavy atom. The predicted molar refractivity (Wildman–Crippen MR) is 81.6 cm³/mol. The Morgan fingerprint density at radius 1 is 1.19 bits per heavy atom. The van der Waals surface area contributed by atoms with Crippen molar-refractivity contribution in [1.29, 1.82) is 0 Å². The molecule has 1 heterocycles. The fourth-order valence-electron chi connectivity index (χ4n) is 2.70. The Balaban J connectivity index is 2.04. The third-order valence-electron chi connectivity index (χ3n) is 3.81. The van der Waals surface area contributed by atoms with Gasteiger partial charge in [0.2, 0.25) is 10.0 Å². The summed E-state index contributed by atoms with van der Waals surface area (Å²) in [6.07, 6.45) is 0. The van der Waals surface area contributed by atoms with Crippen LogP contribution in [-0.2, 0) is 10.0 Å². The van der Waals surface area contributed by atoms with E-state index in [9.17, 15) is 13.5 Å². The summed E-state index contributed by atoms with van der Waals surface area (Å²) in [5.41, 5.74) is 0. The lowest BCUT2D eigenvalue weighted by Crippen LogP contribution is -2.53. The van der Waals surface area contributed by atoms with Gasteiger partial charge in [-0.1, -0.05) is 36.4 Å². The van der Waals surface area contributed by atoms with Gasteiger partial charge in [-0.15, -0.1) is 0 Å². The molecule has 0 unspecified atom stereocenters. The lowest BCUT2D eigenvalue weighted by Gasteiger charge is -2.32. The fourth-order valence-corrected chi connectivity index (χ4v) is 4.40. The number of nitrogens with one attached hydrogen (secondary N) is 1. The summed E-state index contributed by atoms with van der Waals surface area (Å²) in [7, 11) is -3.55. The minimum absolute atomic E-state index is 0.0679. The van der Waals surface area contributed by atoms with Crippen LogP contribution in [0.2, 0.25) is 0 Å². The number of fused-ring (bicyclic) bond motifs is 1. The second-order valence-corrected chi connectivity index (χ2v) is 7.08. The minimum Gasteiger partial charge on any atom is -0.395 e. The molecule has 112 valence electrons. The van der Waals surface area contributed by atoms with Crippen molar-refractivity contribution in [3.05, 3.63) is 42.5 Å². The highest BCUT2D eigenvalue weighted by atomic mass is 32.2. The maximum atomic E-state index is 12.9. The van der Waals surface area contributed by atoms with Crippen LogP contribution < -0.4 is 5.32 Å². The third kappa shape index (κ3) is 2.67. The summed E-state index contributed by atoms with van der Waals surface area (Å²) in [5.74, 6) is 0. The lowest BCUT2D eigenvalue weighted by molar-refractivity contribution is 0.195. The van der Waals surface area contributed by atoms with E-state index >= 15 is 0 Å². The number of aliphatic hydroxyl groups is 1. The Bertz CT molecular complexity index is 740. The second kappa shape index (κ2) is 5.73. The average molecular weight is 306 g/mol. The van der Waals surface area contributed by atoms with Gasteiger partial charge in [-0.2, -0.15) is 4.31 Å². The van der Waals surface area contributed by atoms with Crippen LogP contribution in [0.4, 0.5) is 0 Å². The molecule has 1 aliphatic rings. The lowest BCUT2D eigenvalue weighted by atomic mass is 10.1. The minimum atomic E-state index is -3.55. The molecule has 0 bridgehead atoms. The molecule has 0 radical (unpaired) electrons. The van der Waals surface area contributed by atoms with Crippen molar-refractivity contribution in [2.24, 2.45) is 0 Å². The molecule has 6 heteroatoms. The number of benzene rings is 2. The number of aliphatic hydroxyl groups excluding tert-OH is 1. The van der Waals surface area contributed by atoms with Crippen LogP contribution in [0.1, 0.15) is 0 Å². The van der Waals surface area contributed by atoms with E-state index in [0.717, 1.165) is 10.8 Å². The van der Waals surface area contributed by atoms with E-state index in [0.29, 0.717) is 24.5 Å². The van der Waals surface area contributed by atoms with Crippen LogP contribution in [0.3, 0.4) is 0 Å². The number of sulfonamides is 1. The molecule has 1 fully saturated rings. The molecule has 0 aliphatic carbocycles. The summed E-state index contributed by atoms with van der Waals surface area (Å²) in [5, 5.41) is 14.0. The number of piperazine rings is 1. The van der Waals surface area contributed by atoms with Crippen LogP contribution >= 0.6 is 0 Å². The van der Waals surface area contributed by atoms with Gasteiger partial charge in [0.05, 0.1) is 11.5 Å². The molecule has 1 atom stereocenters. The van der Waals surface area contributed by atoms with Gasteiger partial charge in [0.15, 0.2) is 0 Å². The van der Waals surface area contributed by atoms with Gasteiger partial charge in [0.25, 0.3) is 0 Å². The summed E-state index contributed by atoms with van der Waals surface area (Å²) < 4.78 is 27.2. The number of hydrogen-bond acceptors (Lipinski definition) is 4. The van der Waals surface area contributed by atoms with E-state index in [1.807, 2.05) is 30.3 Å². The van der Waals surface area contributed by atoms with Crippen LogP contribution in [0, 0.1) is 0 Å². The van der Waals surface area contributed by atoms with Crippen LogP contribution in [0.5, 0.6) is 0 Å². The Labute approximate surface area is 124 Å². The van der Waals surface area contributed by atoms with Crippen molar-refractivity contribution >= 4 is 20.8 Å². The zero-order chi connectivity index (χ0) is 14.9. The summed E-state index contributed by atoms with van der Waals surface area (Å²) in [4.78, 5) is 0.333. The van der Waals surface area contributed by atoms with Crippen LogP contribution in [0.15, 0.2) is 47.4 Å². The first kappa shape index (κ1) is 14.5. The zero-order valence-corrected chi connectivity index (χ0v) is 12.4. The second-order valence-electron chi connectivity index (χ2n) is 5.17. The molecule has 0 saturated carbocycles. The average Bonchev–Trinajstić information content (AvgIpc) is 2.54. The molecule has 3 rings (SSSR count). The van der Waals surface area contributed by atoms with Crippen molar-refractivity contribution in [2.45, 2.75) is 10.9 Å². The highest BCUT2D eigenvalue weighted by Crippen LogP contribution is 2.26. The Hall–Kier alpha value is -1.47. The zero-order valence-electron chi connectivity index (χ0n) is 11.6. The Kier molecular flexibility index (Phi) is 3.95. The highest BCUT2D eigenvalue weighted by Gasteiger charge is 2.30. The first-order chi connectivity index (χ1) is 10.1. The summed E-state index contributed by atoms with van der Waals surface area (Å²) in [6, 6.07) is 12.6. The normalized spacial score (nSPS) is 20.7. The van der Waals surface area contributed by atoms with E-state index in [1.165, 1.54) is 4.31 Å². The molecule has 0 spiro atoms. The van der Waals surface area contributed by atoms with Crippen molar-refractivity contribution in [3.63, 3.8) is 0 Å². The van der Waals surface area contributed by atoms with Crippen LogP contribution in [0.25, 0.3) is 10.8 Å². The van der Waals surface area contributed by atoms with E-state index in [-0.39, 0.29) is 12.6 Å². The van der Waals surface area contributed by atoms with Crippen molar-refractivity contribution in [1.82, 2.24) is 9.62 Å². The molecule has 0 amide bonds. The molecule has 5 nitrogen and oxygen atoms in total. The van der Waals surface area contributed by atoms with E-state index in [2.05, 4.69) is 5.32 Å². The summed E-state index contributed by atoms with van der Waals surface area (Å²) in [6.45, 7) is 1.20. The van der Waals surface area contributed by atoms with Crippen LogP contribution in [-0.4, -0.2) is 50.1 Å². The molecular weight excluding hydrogens is 288 g/mol. The van der Waals surface area contributed by atoms with E-state index in [1.54, 1.807) is 12.1 Å². The van der Waals surface area contributed by atoms with Gasteiger partial charge in [-0.25, -0.2) is 8.42 Å². The molecular formula is C15H18N2O3S. The highest BCUT2D eigenvalue weighted by molar-refractivity contribution is 7.89. The number of rotatable bonds is 3. The topological polar surface area (TPSA) is 69.6 Å². The molecule has 2 N–H and O–H groups in total. The molecule has 21 heavy (non-hydrogen) atoms. The van der Waals surface area contributed by atoms with E-state index in [4.69, 9.17) is 0 Å². The molecule has 2 aromatic carbocycles. The third-order valence-corrected chi connectivity index (χ3v) is 5.73. The molecule has 1 saturated heterocycles. The molecule has 1 aliphatic heterocycles. The first-order valence-corrected chi connectivity index (χ1v) is 8.39. The summed E-state index contributed by atoms with van der Waals surface area (Å²) >= 11 is 0. The van der Waals surface area contributed by atoms with Gasteiger partial charge >= 0.3 is 0 Å². The largest absolute Gasteiger partial charge is 0.395 e. The van der Waals surface area contributed by atoms with E-state index < -0.39 is 10.0 Å². The van der Waals surface area contributed by atoms with Gasteiger partial charge in [-0.3, -0.25) is 0 Å². The monoisotopic (exact) mass is 306 g/mol. The fraction of sp³-hybridized carbons (Fsp3) is 0.333. The quantitative estimate of drug-likeness (QED) is 0.880. The molecule has 0 aromatic heterocycles. The SMILES string of the molecule is O=S(=O)(c1cccc2ccccc12)N1CCN[C@@H](CO)C1. The smallest absolute Gasteiger partial charge is 0.243 e. The maximum absolute atomic E-state index is 12.9. The van der Waals surface area contributed by atoms with Gasteiger partial charge in [-0.05, 0) is 11.5 Å². The predicted octanol–water partition coefficient (Wildman–Crippen LogP) is 0.795. The van der Waals surface area contributed by atoms with Crippen molar-refractivity contribution in [2.75, 3.05) is 26.2 Å². The van der Waals surface area contributed by atoms with Gasteiger partial charge in [0, 0.05) is 31.1 Å². The van der Waals surface area contributed by atoms with Crippen molar-refractivity contribution < 1.29 is 13.5 Å². The van der Waals surface area contributed by atoms with Gasteiger partial charge < -0.3 is 10.4 Å². The molecule has 2 aromatic rings. The standard InChI is InChI=1S/C15H18N2O3S/c18-11-13-10-17(9-8-16-13)21(19,20)15-7-3-5-12-4-1-2-6-14(12)15/h1-7,13,16,18H,8-11H2/t13-/m1/s1. The number of hydrogen-bond donors (Lipinski definition) is 2. The Morgan fingerprint density at radius 2 is 1.95 bits per heavy atom. The van der Waals surface area contributed by atoms with Gasteiger partial charge in [0.1, 0.15) is 0 Å². The first-order valence-electron chi connectivity index (χ1n) is 6.95.